The van der Waals surface area contributed by atoms with Gasteiger partial charge in [0.2, 0.25) is 0 Å². The maximum Gasteiger partial charge on any atom is 0.110 e. The average molecular weight is 235 g/mol. The van der Waals surface area contributed by atoms with Gasteiger partial charge in [0.05, 0.1) is 5.60 Å². The molecule has 2 rings (SSSR count). The highest BCUT2D eigenvalue weighted by atomic mass is 16.5. The van der Waals surface area contributed by atoms with Gasteiger partial charge in [0.1, 0.15) is 6.10 Å². The summed E-state index contributed by atoms with van der Waals surface area (Å²) >= 11 is 0. The number of rotatable bonds is 3. The van der Waals surface area contributed by atoms with Crippen LogP contribution in [0.4, 0.5) is 0 Å². The van der Waals surface area contributed by atoms with Crippen LogP contribution in [0.25, 0.3) is 0 Å². The third kappa shape index (κ3) is 2.35. The predicted molar refractivity (Wildman–Crippen MR) is 66.8 cm³/mol. The smallest absolute Gasteiger partial charge is 0.110 e. The molecule has 1 aliphatic rings. The van der Waals surface area contributed by atoms with Gasteiger partial charge in [0, 0.05) is 25.1 Å². The number of pyridine rings is 1. The van der Waals surface area contributed by atoms with E-state index in [-0.39, 0.29) is 0 Å². The van der Waals surface area contributed by atoms with Crippen LogP contribution < -0.4 is 0 Å². The molecule has 0 aromatic carbocycles. The Hall–Kier alpha value is -0.930. The minimum Gasteiger partial charge on any atom is -0.385 e. The summed E-state index contributed by atoms with van der Waals surface area (Å²) in [6.07, 6.45) is 8.30. The Morgan fingerprint density at radius 2 is 2.06 bits per heavy atom. The average Bonchev–Trinajstić information content (AvgIpc) is 2.39. The van der Waals surface area contributed by atoms with Crippen LogP contribution in [-0.4, -0.2) is 22.8 Å². The zero-order valence-electron chi connectivity index (χ0n) is 10.6. The van der Waals surface area contributed by atoms with Crippen molar-refractivity contribution in [3.8, 4) is 0 Å². The molecular formula is C14H21NO2. The van der Waals surface area contributed by atoms with Crippen molar-refractivity contribution >= 4 is 0 Å². The van der Waals surface area contributed by atoms with Gasteiger partial charge in [-0.25, -0.2) is 0 Å². The van der Waals surface area contributed by atoms with Gasteiger partial charge in [-0.2, -0.15) is 0 Å². The van der Waals surface area contributed by atoms with Crippen LogP contribution in [0, 0.1) is 6.92 Å². The van der Waals surface area contributed by atoms with E-state index in [1.165, 1.54) is 6.42 Å². The fourth-order valence-corrected chi connectivity index (χ4v) is 2.79. The molecule has 0 amide bonds. The Morgan fingerprint density at radius 1 is 1.35 bits per heavy atom. The first-order chi connectivity index (χ1) is 8.19. The Kier molecular flexibility index (Phi) is 3.79. The molecule has 1 N–H and O–H groups in total. The molecule has 0 aliphatic heterocycles. The normalized spacial score (nSPS) is 21.1. The summed E-state index contributed by atoms with van der Waals surface area (Å²) in [6, 6.07) is 1.94. The highest BCUT2D eigenvalue weighted by molar-refractivity contribution is 5.26. The van der Waals surface area contributed by atoms with E-state index in [0.29, 0.717) is 0 Å². The summed E-state index contributed by atoms with van der Waals surface area (Å²) in [5.41, 5.74) is 1.57. The SMILES string of the molecule is COC1(C(O)c2cnccc2C)CCCCC1. The van der Waals surface area contributed by atoms with Gasteiger partial charge >= 0.3 is 0 Å². The number of aryl methyl sites for hydroxylation is 1. The van der Waals surface area contributed by atoms with Crippen LogP contribution in [0.5, 0.6) is 0 Å². The lowest BCUT2D eigenvalue weighted by atomic mass is 9.78. The Labute approximate surface area is 103 Å². The highest BCUT2D eigenvalue weighted by Crippen LogP contribution is 2.41. The Morgan fingerprint density at radius 3 is 2.65 bits per heavy atom. The monoisotopic (exact) mass is 235 g/mol. The summed E-state index contributed by atoms with van der Waals surface area (Å²) in [5, 5.41) is 10.6. The maximum atomic E-state index is 10.6. The first-order valence-corrected chi connectivity index (χ1v) is 6.33. The quantitative estimate of drug-likeness (QED) is 0.876. The molecule has 1 aromatic rings. The molecule has 0 spiro atoms. The van der Waals surface area contributed by atoms with Crippen LogP contribution in [0.2, 0.25) is 0 Å². The van der Waals surface area contributed by atoms with Crippen molar-refractivity contribution in [1.82, 2.24) is 4.98 Å². The van der Waals surface area contributed by atoms with Crippen molar-refractivity contribution in [2.45, 2.75) is 50.7 Å². The Bertz CT molecular complexity index is 372. The number of aliphatic hydroxyl groups is 1. The van der Waals surface area contributed by atoms with Crippen LogP contribution in [-0.2, 0) is 4.74 Å². The first-order valence-electron chi connectivity index (χ1n) is 6.33. The molecule has 1 aromatic heterocycles. The summed E-state index contributed by atoms with van der Waals surface area (Å²) in [6.45, 7) is 2.01. The van der Waals surface area contributed by atoms with Crippen LogP contribution in [0.3, 0.4) is 0 Å². The van der Waals surface area contributed by atoms with Crippen LogP contribution >= 0.6 is 0 Å². The van der Waals surface area contributed by atoms with Gasteiger partial charge in [-0.05, 0) is 31.4 Å². The molecule has 1 saturated carbocycles. The van der Waals surface area contributed by atoms with Crippen molar-refractivity contribution in [2.24, 2.45) is 0 Å². The molecule has 1 fully saturated rings. The fraction of sp³-hybridized carbons (Fsp3) is 0.643. The molecule has 0 saturated heterocycles. The van der Waals surface area contributed by atoms with Crippen molar-refractivity contribution in [3.63, 3.8) is 0 Å². The van der Waals surface area contributed by atoms with Gasteiger partial charge in [0.15, 0.2) is 0 Å². The number of aromatic nitrogens is 1. The van der Waals surface area contributed by atoms with Gasteiger partial charge in [-0.15, -0.1) is 0 Å². The predicted octanol–water partition coefficient (Wildman–Crippen LogP) is 2.77. The lowest BCUT2D eigenvalue weighted by Crippen LogP contribution is -2.40. The largest absolute Gasteiger partial charge is 0.385 e. The lowest BCUT2D eigenvalue weighted by molar-refractivity contribution is -0.125. The van der Waals surface area contributed by atoms with E-state index in [0.717, 1.165) is 36.8 Å². The molecular weight excluding hydrogens is 214 g/mol. The summed E-state index contributed by atoms with van der Waals surface area (Å²) in [5.74, 6) is 0. The van der Waals surface area contributed by atoms with E-state index in [2.05, 4.69) is 4.98 Å². The second-order valence-corrected chi connectivity index (χ2v) is 4.96. The number of hydrogen-bond acceptors (Lipinski definition) is 3. The van der Waals surface area contributed by atoms with E-state index < -0.39 is 11.7 Å². The van der Waals surface area contributed by atoms with Crippen molar-refractivity contribution in [1.29, 1.82) is 0 Å². The van der Waals surface area contributed by atoms with E-state index >= 15 is 0 Å². The molecule has 0 bridgehead atoms. The molecule has 94 valence electrons. The summed E-state index contributed by atoms with van der Waals surface area (Å²) < 4.78 is 5.67. The third-order valence-corrected chi connectivity index (χ3v) is 3.98. The molecule has 1 heterocycles. The third-order valence-electron chi connectivity index (χ3n) is 3.98. The van der Waals surface area contributed by atoms with Crippen molar-refractivity contribution < 1.29 is 9.84 Å². The van der Waals surface area contributed by atoms with Crippen molar-refractivity contribution in [3.05, 3.63) is 29.6 Å². The van der Waals surface area contributed by atoms with E-state index in [4.69, 9.17) is 4.74 Å². The first kappa shape index (κ1) is 12.5. The molecule has 3 nitrogen and oxygen atoms in total. The number of nitrogens with zero attached hydrogens (tertiary/aromatic N) is 1. The van der Waals surface area contributed by atoms with Gasteiger partial charge in [0.25, 0.3) is 0 Å². The van der Waals surface area contributed by atoms with E-state index in [9.17, 15) is 5.11 Å². The minimum absolute atomic E-state index is 0.411. The number of methoxy groups -OCH3 is 1. The van der Waals surface area contributed by atoms with Gasteiger partial charge in [-0.3, -0.25) is 4.98 Å². The molecule has 1 aliphatic carbocycles. The summed E-state index contributed by atoms with van der Waals surface area (Å²) in [7, 11) is 1.71. The van der Waals surface area contributed by atoms with Gasteiger partial charge < -0.3 is 9.84 Å². The maximum absolute atomic E-state index is 10.6. The topological polar surface area (TPSA) is 42.4 Å². The molecule has 1 unspecified atom stereocenters. The molecule has 17 heavy (non-hydrogen) atoms. The number of ether oxygens (including phenoxy) is 1. The fourth-order valence-electron chi connectivity index (χ4n) is 2.79. The van der Waals surface area contributed by atoms with Gasteiger partial charge in [-0.1, -0.05) is 19.3 Å². The molecule has 3 heteroatoms. The zero-order chi connectivity index (χ0) is 12.3. The second kappa shape index (κ2) is 5.15. The van der Waals surface area contributed by atoms with Crippen LogP contribution in [0.15, 0.2) is 18.5 Å². The summed E-state index contributed by atoms with van der Waals surface area (Å²) in [4.78, 5) is 4.11. The zero-order valence-corrected chi connectivity index (χ0v) is 10.6. The van der Waals surface area contributed by atoms with Crippen molar-refractivity contribution in [2.75, 3.05) is 7.11 Å². The number of aliphatic hydroxyl groups excluding tert-OH is 1. The van der Waals surface area contributed by atoms with Crippen LogP contribution in [0.1, 0.15) is 49.3 Å². The molecule has 1 atom stereocenters. The van der Waals surface area contributed by atoms with E-state index in [1.807, 2.05) is 13.0 Å². The number of hydrogen-bond donors (Lipinski definition) is 1. The minimum atomic E-state index is -0.568. The second-order valence-electron chi connectivity index (χ2n) is 4.96. The lowest BCUT2D eigenvalue weighted by Gasteiger charge is -2.40. The standard InChI is InChI=1S/C14H21NO2/c1-11-6-9-15-10-12(11)13(16)14(17-2)7-4-3-5-8-14/h6,9-10,13,16H,3-5,7-8H2,1-2H3. The van der Waals surface area contributed by atoms with E-state index in [1.54, 1.807) is 19.5 Å². The highest BCUT2D eigenvalue weighted by Gasteiger charge is 2.40. The molecule has 0 radical (unpaired) electrons. The Balaban J connectivity index is 2.28.